The lowest BCUT2D eigenvalue weighted by Crippen LogP contribution is -2.23. The van der Waals surface area contributed by atoms with Gasteiger partial charge in [-0.1, -0.05) is 26.2 Å². The molecular weight excluding hydrogens is 212 g/mol. The molecule has 1 aliphatic carbocycles. The highest BCUT2D eigenvalue weighted by Gasteiger charge is 2.15. The lowest BCUT2D eigenvalue weighted by molar-refractivity contribution is 0.317. The van der Waals surface area contributed by atoms with Crippen LogP contribution in [0.2, 0.25) is 0 Å². The molecule has 1 aliphatic rings. The van der Waals surface area contributed by atoms with Crippen LogP contribution < -0.4 is 10.1 Å². The first-order valence-corrected chi connectivity index (χ1v) is 6.74. The van der Waals surface area contributed by atoms with Gasteiger partial charge in [-0.15, -0.1) is 0 Å². The minimum Gasteiger partial charge on any atom is -0.490 e. The Labute approximate surface area is 104 Å². The summed E-state index contributed by atoms with van der Waals surface area (Å²) in [5.74, 6) is 1.80. The first kappa shape index (κ1) is 12.2. The first-order chi connectivity index (χ1) is 8.40. The maximum Gasteiger partial charge on any atom is 0.168 e. The van der Waals surface area contributed by atoms with Crippen LogP contribution in [0.1, 0.15) is 45.4 Å². The third-order valence-electron chi connectivity index (χ3n) is 3.18. The second kappa shape index (κ2) is 6.48. The minimum absolute atomic E-state index is 0.572. The Kier molecular flexibility index (Phi) is 4.65. The van der Waals surface area contributed by atoms with E-state index in [1.165, 1.54) is 32.1 Å². The number of anilines is 1. The van der Waals surface area contributed by atoms with E-state index in [1.54, 1.807) is 0 Å². The molecule has 0 atom stereocenters. The lowest BCUT2D eigenvalue weighted by Gasteiger charge is -2.24. The van der Waals surface area contributed by atoms with Crippen molar-refractivity contribution < 1.29 is 4.74 Å². The number of ether oxygens (including phenoxy) is 1. The van der Waals surface area contributed by atoms with E-state index >= 15 is 0 Å². The Bertz CT molecular complexity index is 335. The topological polar surface area (TPSA) is 34.1 Å². The molecule has 0 spiro atoms. The highest BCUT2D eigenvalue weighted by Crippen LogP contribution is 2.26. The zero-order valence-corrected chi connectivity index (χ0v) is 10.6. The quantitative estimate of drug-likeness (QED) is 0.845. The molecule has 0 unspecified atom stereocenters. The zero-order valence-electron chi connectivity index (χ0n) is 10.6. The van der Waals surface area contributed by atoms with Gasteiger partial charge >= 0.3 is 0 Å². The zero-order chi connectivity index (χ0) is 11.9. The Morgan fingerprint density at radius 3 is 2.94 bits per heavy atom. The van der Waals surface area contributed by atoms with Crippen LogP contribution in [0.4, 0.5) is 5.82 Å². The Hall–Kier alpha value is -1.25. The van der Waals surface area contributed by atoms with Crippen LogP contribution in [-0.4, -0.2) is 17.6 Å². The summed E-state index contributed by atoms with van der Waals surface area (Å²) in [6, 6.07) is 4.49. The predicted molar refractivity (Wildman–Crippen MR) is 70.5 cm³/mol. The maximum absolute atomic E-state index is 5.70. The molecule has 0 aliphatic heterocycles. The summed E-state index contributed by atoms with van der Waals surface area (Å²) in [6.45, 7) is 2.87. The summed E-state index contributed by atoms with van der Waals surface area (Å²) in [6.07, 6.45) is 9.39. The van der Waals surface area contributed by atoms with Crippen LogP contribution in [-0.2, 0) is 0 Å². The van der Waals surface area contributed by atoms with E-state index in [0.717, 1.165) is 24.6 Å². The standard InChI is InChI=1S/C14H22N2O/c1-2-11-17-13-9-6-10-15-14(13)16-12-7-4-3-5-8-12/h6,9-10,12H,2-5,7-8,11H2,1H3,(H,15,16). The number of hydrogen-bond acceptors (Lipinski definition) is 3. The van der Waals surface area contributed by atoms with E-state index in [1.807, 2.05) is 18.3 Å². The molecule has 0 bridgehead atoms. The SMILES string of the molecule is CCCOc1cccnc1NC1CCCCC1. The van der Waals surface area contributed by atoms with Crippen LogP contribution in [0.3, 0.4) is 0 Å². The highest BCUT2D eigenvalue weighted by molar-refractivity contribution is 5.50. The van der Waals surface area contributed by atoms with Crippen molar-refractivity contribution in [2.75, 3.05) is 11.9 Å². The third kappa shape index (κ3) is 3.62. The van der Waals surface area contributed by atoms with Crippen molar-refractivity contribution in [1.82, 2.24) is 4.98 Å². The molecule has 1 fully saturated rings. The van der Waals surface area contributed by atoms with Crippen LogP contribution >= 0.6 is 0 Å². The highest BCUT2D eigenvalue weighted by atomic mass is 16.5. The van der Waals surface area contributed by atoms with Crippen molar-refractivity contribution in [2.45, 2.75) is 51.5 Å². The Balaban J connectivity index is 1.98. The molecule has 1 aromatic rings. The summed E-state index contributed by atoms with van der Waals surface area (Å²) in [5, 5.41) is 3.52. The summed E-state index contributed by atoms with van der Waals surface area (Å²) in [4.78, 5) is 4.39. The summed E-state index contributed by atoms with van der Waals surface area (Å²) < 4.78 is 5.70. The van der Waals surface area contributed by atoms with Gasteiger partial charge in [-0.25, -0.2) is 4.98 Å². The van der Waals surface area contributed by atoms with E-state index in [-0.39, 0.29) is 0 Å². The third-order valence-corrected chi connectivity index (χ3v) is 3.18. The number of aromatic nitrogens is 1. The van der Waals surface area contributed by atoms with E-state index in [2.05, 4.69) is 17.2 Å². The van der Waals surface area contributed by atoms with E-state index in [4.69, 9.17) is 4.74 Å². The fourth-order valence-corrected chi connectivity index (χ4v) is 2.27. The molecule has 0 saturated heterocycles. The molecular formula is C14H22N2O. The van der Waals surface area contributed by atoms with Crippen molar-refractivity contribution in [3.63, 3.8) is 0 Å². The molecule has 1 heterocycles. The van der Waals surface area contributed by atoms with Crippen molar-refractivity contribution in [2.24, 2.45) is 0 Å². The predicted octanol–water partition coefficient (Wildman–Crippen LogP) is 3.62. The van der Waals surface area contributed by atoms with E-state index in [0.29, 0.717) is 6.04 Å². The van der Waals surface area contributed by atoms with Crippen molar-refractivity contribution in [3.8, 4) is 5.75 Å². The number of nitrogens with zero attached hydrogens (tertiary/aromatic N) is 1. The van der Waals surface area contributed by atoms with E-state index in [9.17, 15) is 0 Å². The molecule has 0 radical (unpaired) electrons. The van der Waals surface area contributed by atoms with Crippen molar-refractivity contribution in [3.05, 3.63) is 18.3 Å². The first-order valence-electron chi connectivity index (χ1n) is 6.74. The van der Waals surface area contributed by atoms with Crippen LogP contribution in [0, 0.1) is 0 Å². The van der Waals surface area contributed by atoms with Crippen molar-refractivity contribution in [1.29, 1.82) is 0 Å². The summed E-state index contributed by atoms with van der Waals surface area (Å²) in [5.41, 5.74) is 0. The molecule has 1 N–H and O–H groups in total. The molecule has 3 heteroatoms. The molecule has 94 valence electrons. The number of hydrogen-bond donors (Lipinski definition) is 1. The second-order valence-corrected chi connectivity index (χ2v) is 4.68. The van der Waals surface area contributed by atoms with Gasteiger partial charge in [-0.3, -0.25) is 0 Å². The smallest absolute Gasteiger partial charge is 0.168 e. The van der Waals surface area contributed by atoms with Crippen molar-refractivity contribution >= 4 is 5.82 Å². The fourth-order valence-electron chi connectivity index (χ4n) is 2.27. The number of rotatable bonds is 5. The van der Waals surface area contributed by atoms with Gasteiger partial charge in [0.15, 0.2) is 11.6 Å². The second-order valence-electron chi connectivity index (χ2n) is 4.68. The molecule has 2 rings (SSSR count). The van der Waals surface area contributed by atoms with Gasteiger partial charge in [0, 0.05) is 12.2 Å². The van der Waals surface area contributed by atoms with Gasteiger partial charge in [0.25, 0.3) is 0 Å². The molecule has 1 aromatic heterocycles. The van der Waals surface area contributed by atoms with Gasteiger partial charge < -0.3 is 10.1 Å². The van der Waals surface area contributed by atoms with Crippen LogP contribution in [0.25, 0.3) is 0 Å². The maximum atomic E-state index is 5.70. The average molecular weight is 234 g/mol. The number of pyridine rings is 1. The molecule has 3 nitrogen and oxygen atoms in total. The average Bonchev–Trinajstić information content (AvgIpc) is 2.39. The molecule has 0 amide bonds. The number of nitrogens with one attached hydrogen (secondary N) is 1. The van der Waals surface area contributed by atoms with Gasteiger partial charge in [0.1, 0.15) is 0 Å². The monoisotopic (exact) mass is 234 g/mol. The lowest BCUT2D eigenvalue weighted by atomic mass is 9.95. The largest absolute Gasteiger partial charge is 0.490 e. The molecule has 1 saturated carbocycles. The van der Waals surface area contributed by atoms with Crippen LogP contribution in [0.15, 0.2) is 18.3 Å². The van der Waals surface area contributed by atoms with Crippen LogP contribution in [0.5, 0.6) is 5.75 Å². The Morgan fingerprint density at radius 1 is 1.35 bits per heavy atom. The normalized spacial score (nSPS) is 16.8. The van der Waals surface area contributed by atoms with E-state index < -0.39 is 0 Å². The Morgan fingerprint density at radius 2 is 2.18 bits per heavy atom. The fraction of sp³-hybridized carbons (Fsp3) is 0.643. The van der Waals surface area contributed by atoms with Gasteiger partial charge in [0.2, 0.25) is 0 Å². The van der Waals surface area contributed by atoms with Gasteiger partial charge in [0.05, 0.1) is 6.61 Å². The summed E-state index contributed by atoms with van der Waals surface area (Å²) >= 11 is 0. The molecule has 0 aromatic carbocycles. The molecule has 17 heavy (non-hydrogen) atoms. The summed E-state index contributed by atoms with van der Waals surface area (Å²) in [7, 11) is 0. The minimum atomic E-state index is 0.572. The van der Waals surface area contributed by atoms with Gasteiger partial charge in [-0.05, 0) is 31.4 Å². The van der Waals surface area contributed by atoms with Gasteiger partial charge in [-0.2, -0.15) is 0 Å².